The molecule has 0 saturated carbocycles. The first-order valence-corrected chi connectivity index (χ1v) is 5.45. The van der Waals surface area contributed by atoms with Crippen LogP contribution in [0.15, 0.2) is 6.07 Å². The molecule has 0 atom stereocenters. The molecule has 3 heteroatoms. The van der Waals surface area contributed by atoms with Crippen molar-refractivity contribution in [2.24, 2.45) is 0 Å². The molecule has 0 bridgehead atoms. The molecule has 0 saturated heterocycles. The molecule has 0 spiro atoms. The highest BCUT2D eigenvalue weighted by Crippen LogP contribution is 2.31. The highest BCUT2D eigenvalue weighted by molar-refractivity contribution is 5.91. The van der Waals surface area contributed by atoms with Gasteiger partial charge in [0.2, 0.25) is 5.91 Å². The van der Waals surface area contributed by atoms with Crippen molar-refractivity contribution in [1.29, 1.82) is 0 Å². The van der Waals surface area contributed by atoms with Crippen LogP contribution in [0.1, 0.15) is 30.0 Å². The maximum absolute atomic E-state index is 11.4. The van der Waals surface area contributed by atoms with Crippen molar-refractivity contribution in [3.05, 3.63) is 22.8 Å². The minimum atomic E-state index is 0.0343. The predicted molar refractivity (Wildman–Crippen MR) is 66.1 cm³/mol. The number of benzene rings is 1. The van der Waals surface area contributed by atoms with Gasteiger partial charge in [-0.25, -0.2) is 0 Å². The summed E-state index contributed by atoms with van der Waals surface area (Å²) in [7, 11) is 1.67. The molecule has 1 amide bonds. The summed E-state index contributed by atoms with van der Waals surface area (Å²) >= 11 is 0. The van der Waals surface area contributed by atoms with E-state index in [1.54, 1.807) is 7.11 Å². The standard InChI is InChI=1S/C13H19NO2/c1-6-12(15)14-11-7-8(2)13(16-5)10(4)9(11)3/h7H,6H2,1-5H3,(H,14,15). The van der Waals surface area contributed by atoms with Gasteiger partial charge >= 0.3 is 0 Å². The van der Waals surface area contributed by atoms with Gasteiger partial charge < -0.3 is 10.1 Å². The smallest absolute Gasteiger partial charge is 0.224 e. The van der Waals surface area contributed by atoms with Crippen molar-refractivity contribution in [2.75, 3.05) is 12.4 Å². The first kappa shape index (κ1) is 12.6. The molecule has 1 N–H and O–H groups in total. The molecular weight excluding hydrogens is 202 g/mol. The summed E-state index contributed by atoms with van der Waals surface area (Å²) in [6, 6.07) is 1.95. The largest absolute Gasteiger partial charge is 0.496 e. The Morgan fingerprint density at radius 2 is 1.94 bits per heavy atom. The van der Waals surface area contributed by atoms with Crippen molar-refractivity contribution in [3.8, 4) is 5.75 Å². The van der Waals surface area contributed by atoms with E-state index in [1.165, 1.54) is 0 Å². The molecular formula is C13H19NO2. The molecule has 0 aromatic heterocycles. The number of nitrogens with one attached hydrogen (secondary N) is 1. The van der Waals surface area contributed by atoms with Gasteiger partial charge in [0.05, 0.1) is 7.11 Å². The highest BCUT2D eigenvalue weighted by atomic mass is 16.5. The molecule has 1 aromatic carbocycles. The summed E-state index contributed by atoms with van der Waals surface area (Å²) in [5.74, 6) is 0.930. The summed E-state index contributed by atoms with van der Waals surface area (Å²) in [4.78, 5) is 11.4. The van der Waals surface area contributed by atoms with Crippen LogP contribution in [0.3, 0.4) is 0 Å². The highest BCUT2D eigenvalue weighted by Gasteiger charge is 2.11. The topological polar surface area (TPSA) is 38.3 Å². The molecule has 0 aliphatic carbocycles. The number of hydrogen-bond donors (Lipinski definition) is 1. The molecule has 1 aromatic rings. The molecule has 16 heavy (non-hydrogen) atoms. The number of carbonyl (C=O) groups is 1. The average molecular weight is 221 g/mol. The Kier molecular flexibility index (Phi) is 3.93. The number of carbonyl (C=O) groups excluding carboxylic acids is 1. The van der Waals surface area contributed by atoms with Crippen molar-refractivity contribution in [3.63, 3.8) is 0 Å². The van der Waals surface area contributed by atoms with E-state index in [1.807, 2.05) is 33.8 Å². The molecule has 0 heterocycles. The maximum Gasteiger partial charge on any atom is 0.224 e. The Morgan fingerprint density at radius 3 is 2.44 bits per heavy atom. The van der Waals surface area contributed by atoms with Crippen LogP contribution in [0.5, 0.6) is 5.75 Å². The van der Waals surface area contributed by atoms with E-state index < -0.39 is 0 Å². The lowest BCUT2D eigenvalue weighted by molar-refractivity contribution is -0.115. The number of anilines is 1. The molecule has 0 aliphatic rings. The Labute approximate surface area is 96.8 Å². The summed E-state index contributed by atoms with van der Waals surface area (Å²) in [6.07, 6.45) is 0.490. The third-order valence-electron chi connectivity index (χ3n) is 2.83. The van der Waals surface area contributed by atoms with Gasteiger partial charge in [0, 0.05) is 12.1 Å². The van der Waals surface area contributed by atoms with Gasteiger partial charge in [-0.05, 0) is 43.5 Å². The average Bonchev–Trinajstić information content (AvgIpc) is 2.26. The lowest BCUT2D eigenvalue weighted by Gasteiger charge is -2.16. The summed E-state index contributed by atoms with van der Waals surface area (Å²) < 4.78 is 5.33. The van der Waals surface area contributed by atoms with E-state index in [9.17, 15) is 4.79 Å². The Balaban J connectivity index is 3.18. The number of aryl methyl sites for hydroxylation is 1. The molecule has 0 radical (unpaired) electrons. The van der Waals surface area contributed by atoms with Crippen LogP contribution in [-0.2, 0) is 4.79 Å². The van der Waals surface area contributed by atoms with Crippen molar-refractivity contribution < 1.29 is 9.53 Å². The SMILES string of the molecule is CCC(=O)Nc1cc(C)c(OC)c(C)c1C. The zero-order valence-electron chi connectivity index (χ0n) is 10.6. The first-order valence-electron chi connectivity index (χ1n) is 5.45. The number of hydrogen-bond acceptors (Lipinski definition) is 2. The first-order chi connectivity index (χ1) is 7.51. The van der Waals surface area contributed by atoms with Crippen molar-refractivity contribution in [2.45, 2.75) is 34.1 Å². The van der Waals surface area contributed by atoms with Crippen LogP contribution in [0.4, 0.5) is 5.69 Å². The van der Waals surface area contributed by atoms with E-state index >= 15 is 0 Å². The number of ether oxygens (including phenoxy) is 1. The number of amides is 1. The molecule has 3 nitrogen and oxygen atoms in total. The minimum absolute atomic E-state index is 0.0343. The van der Waals surface area contributed by atoms with E-state index in [-0.39, 0.29) is 5.91 Å². The van der Waals surface area contributed by atoms with Gasteiger partial charge in [-0.3, -0.25) is 4.79 Å². The van der Waals surface area contributed by atoms with Gasteiger partial charge in [0.1, 0.15) is 5.75 Å². The normalized spacial score (nSPS) is 10.1. The third-order valence-corrected chi connectivity index (χ3v) is 2.83. The lowest BCUT2D eigenvalue weighted by Crippen LogP contribution is -2.11. The third kappa shape index (κ3) is 2.35. The second-order valence-electron chi connectivity index (χ2n) is 3.93. The molecule has 0 unspecified atom stereocenters. The Bertz CT molecular complexity index is 411. The molecule has 0 fully saturated rings. The summed E-state index contributed by atoms with van der Waals surface area (Å²) in [5, 5.41) is 2.90. The van der Waals surface area contributed by atoms with Crippen LogP contribution in [-0.4, -0.2) is 13.0 Å². The van der Waals surface area contributed by atoms with Gasteiger partial charge in [-0.2, -0.15) is 0 Å². The fourth-order valence-electron chi connectivity index (χ4n) is 1.74. The van der Waals surface area contributed by atoms with Crippen LogP contribution < -0.4 is 10.1 Å². The Morgan fingerprint density at radius 1 is 1.31 bits per heavy atom. The fraction of sp³-hybridized carbons (Fsp3) is 0.462. The van der Waals surface area contributed by atoms with E-state index in [0.29, 0.717) is 6.42 Å². The zero-order valence-corrected chi connectivity index (χ0v) is 10.6. The van der Waals surface area contributed by atoms with Crippen LogP contribution in [0.2, 0.25) is 0 Å². The van der Waals surface area contributed by atoms with Gasteiger partial charge in [0.15, 0.2) is 0 Å². The van der Waals surface area contributed by atoms with Crippen LogP contribution >= 0.6 is 0 Å². The quantitative estimate of drug-likeness (QED) is 0.852. The summed E-state index contributed by atoms with van der Waals surface area (Å²) in [5.41, 5.74) is 4.05. The number of rotatable bonds is 3. The molecule has 1 rings (SSSR count). The second-order valence-corrected chi connectivity index (χ2v) is 3.93. The van der Waals surface area contributed by atoms with Crippen molar-refractivity contribution >= 4 is 11.6 Å². The minimum Gasteiger partial charge on any atom is -0.496 e. The van der Waals surface area contributed by atoms with E-state index in [2.05, 4.69) is 5.32 Å². The van der Waals surface area contributed by atoms with Gasteiger partial charge in [-0.15, -0.1) is 0 Å². The van der Waals surface area contributed by atoms with Crippen LogP contribution in [0, 0.1) is 20.8 Å². The van der Waals surface area contributed by atoms with Gasteiger partial charge in [-0.1, -0.05) is 6.92 Å². The fourth-order valence-corrected chi connectivity index (χ4v) is 1.74. The molecule has 0 aliphatic heterocycles. The predicted octanol–water partition coefficient (Wildman–Crippen LogP) is 2.97. The summed E-state index contributed by atoms with van der Waals surface area (Å²) in [6.45, 7) is 7.81. The number of methoxy groups -OCH3 is 1. The Hall–Kier alpha value is -1.51. The second kappa shape index (κ2) is 5.01. The van der Waals surface area contributed by atoms with E-state index in [0.717, 1.165) is 28.1 Å². The van der Waals surface area contributed by atoms with Crippen molar-refractivity contribution in [1.82, 2.24) is 0 Å². The zero-order chi connectivity index (χ0) is 12.3. The van der Waals surface area contributed by atoms with Gasteiger partial charge in [0.25, 0.3) is 0 Å². The van der Waals surface area contributed by atoms with E-state index in [4.69, 9.17) is 4.74 Å². The monoisotopic (exact) mass is 221 g/mol. The molecule has 88 valence electrons. The lowest BCUT2D eigenvalue weighted by atomic mass is 10.0. The van der Waals surface area contributed by atoms with Crippen LogP contribution in [0.25, 0.3) is 0 Å². The maximum atomic E-state index is 11.4.